The maximum atomic E-state index is 5.97. The number of ether oxygens (including phenoxy) is 2. The van der Waals surface area contributed by atoms with Crippen molar-refractivity contribution < 1.29 is 9.47 Å². The minimum absolute atomic E-state index is 0.569. The largest absolute Gasteiger partial charge is 0.497 e. The lowest BCUT2D eigenvalue weighted by Crippen LogP contribution is -2.21. The molecule has 0 fully saturated rings. The number of terminal acetylenes is 1. The van der Waals surface area contributed by atoms with Crippen LogP contribution in [0.5, 0.6) is 5.75 Å². The highest BCUT2D eigenvalue weighted by Gasteiger charge is 2.14. The van der Waals surface area contributed by atoms with Crippen LogP contribution in [0, 0.1) is 19.3 Å². The Morgan fingerprint density at radius 3 is 2.28 bits per heavy atom. The van der Waals surface area contributed by atoms with Crippen LogP contribution in [0.1, 0.15) is 16.7 Å². The lowest BCUT2D eigenvalue weighted by molar-refractivity contribution is 0.132. The Bertz CT molecular complexity index is 749. The highest BCUT2D eigenvalue weighted by molar-refractivity contribution is 6.76. The topological polar surface area (TPSA) is 18.5 Å². The molecule has 2 aromatic carbocycles. The lowest BCUT2D eigenvalue weighted by atomic mass is 9.93. The van der Waals surface area contributed by atoms with Gasteiger partial charge in [0.05, 0.1) is 13.7 Å². The van der Waals surface area contributed by atoms with E-state index in [1.165, 1.54) is 11.1 Å². The summed E-state index contributed by atoms with van der Waals surface area (Å²) in [6.07, 6.45) is 5.70. The molecule has 0 amide bonds. The second kappa shape index (κ2) is 8.38. The third kappa shape index (κ3) is 5.22. The van der Waals surface area contributed by atoms with Gasteiger partial charge < -0.3 is 9.47 Å². The fraction of sp³-hybridized carbons (Fsp3) is 0.364. The molecular weight excluding hydrogens is 324 g/mol. The molecule has 0 N–H and O–H groups in total. The molecule has 0 aliphatic carbocycles. The maximum Gasteiger partial charge on any atom is 0.118 e. The quantitative estimate of drug-likeness (QED) is 0.372. The van der Waals surface area contributed by atoms with Crippen LogP contribution in [0.4, 0.5) is 0 Å². The third-order valence-electron chi connectivity index (χ3n) is 4.40. The zero-order valence-electron chi connectivity index (χ0n) is 16.0. The monoisotopic (exact) mass is 352 g/mol. The van der Waals surface area contributed by atoms with Crippen LogP contribution in [0.25, 0.3) is 11.1 Å². The number of hydrogen-bond acceptors (Lipinski definition) is 2. The molecule has 0 atom stereocenters. The molecule has 0 aromatic heterocycles. The summed E-state index contributed by atoms with van der Waals surface area (Å²) in [5.41, 5.74) is 5.57. The molecule has 0 saturated carbocycles. The Labute approximate surface area is 153 Å². The first-order valence-electron chi connectivity index (χ1n) is 8.67. The Balaban J connectivity index is 2.24. The van der Waals surface area contributed by atoms with Crippen LogP contribution < -0.4 is 4.74 Å². The van der Waals surface area contributed by atoms with Crippen LogP contribution in [-0.4, -0.2) is 21.8 Å². The van der Waals surface area contributed by atoms with Gasteiger partial charge >= 0.3 is 0 Å². The average molecular weight is 353 g/mol. The van der Waals surface area contributed by atoms with E-state index in [-0.39, 0.29) is 0 Å². The summed E-state index contributed by atoms with van der Waals surface area (Å²) < 4.78 is 11.2. The summed E-state index contributed by atoms with van der Waals surface area (Å²) in [7, 11) is 0.598. The molecule has 0 bridgehead atoms. The Hall–Kier alpha value is -2.02. The van der Waals surface area contributed by atoms with Gasteiger partial charge in [-0.05, 0) is 53.4 Å². The van der Waals surface area contributed by atoms with Gasteiger partial charge in [-0.15, -0.1) is 6.42 Å². The first kappa shape index (κ1) is 19.3. The fourth-order valence-corrected chi connectivity index (χ4v) is 3.47. The molecule has 0 aliphatic rings. The minimum atomic E-state index is -1.08. The first-order chi connectivity index (χ1) is 11.9. The Kier molecular flexibility index (Phi) is 6.47. The highest BCUT2D eigenvalue weighted by Crippen LogP contribution is 2.29. The normalized spacial score (nSPS) is 11.2. The number of hydrogen-bond donors (Lipinski definition) is 0. The summed E-state index contributed by atoms with van der Waals surface area (Å²) in [5, 5.41) is 0. The van der Waals surface area contributed by atoms with Gasteiger partial charge in [0.25, 0.3) is 0 Å². The van der Waals surface area contributed by atoms with Gasteiger partial charge in [0.15, 0.2) is 0 Å². The number of rotatable bonds is 7. The molecule has 25 heavy (non-hydrogen) atoms. The van der Waals surface area contributed by atoms with Crippen molar-refractivity contribution in [2.75, 3.05) is 13.7 Å². The standard InChI is InChI=1S/C22H28O2Si/c1-7-18-10-13-21(19-8-11-20(23-3)12-9-19)17(2)22(18)16-24-14-15-25(4,5)6/h1,8-13H,14-16H2,2-6H3. The summed E-state index contributed by atoms with van der Waals surface area (Å²) in [6.45, 7) is 10.6. The third-order valence-corrected chi connectivity index (χ3v) is 6.10. The first-order valence-corrected chi connectivity index (χ1v) is 12.4. The highest BCUT2D eigenvalue weighted by atomic mass is 28.3. The predicted octanol–water partition coefficient (Wildman–Crippen LogP) is 5.51. The van der Waals surface area contributed by atoms with Gasteiger partial charge in [-0.3, -0.25) is 0 Å². The van der Waals surface area contributed by atoms with Crippen molar-refractivity contribution >= 4 is 8.07 Å². The van der Waals surface area contributed by atoms with Crippen molar-refractivity contribution in [2.24, 2.45) is 0 Å². The number of methoxy groups -OCH3 is 1. The van der Waals surface area contributed by atoms with E-state index in [0.29, 0.717) is 6.61 Å². The zero-order valence-corrected chi connectivity index (χ0v) is 17.0. The van der Waals surface area contributed by atoms with Crippen molar-refractivity contribution in [3.8, 4) is 29.2 Å². The van der Waals surface area contributed by atoms with E-state index < -0.39 is 8.07 Å². The summed E-state index contributed by atoms with van der Waals surface area (Å²) in [6, 6.07) is 13.4. The van der Waals surface area contributed by atoms with E-state index in [2.05, 4.69) is 50.7 Å². The molecule has 2 rings (SSSR count). The van der Waals surface area contributed by atoms with E-state index in [9.17, 15) is 0 Å². The fourth-order valence-electron chi connectivity index (χ4n) is 2.71. The molecule has 0 radical (unpaired) electrons. The second-order valence-corrected chi connectivity index (χ2v) is 13.1. The molecule has 0 unspecified atom stereocenters. The Morgan fingerprint density at radius 1 is 1.04 bits per heavy atom. The van der Waals surface area contributed by atoms with Crippen molar-refractivity contribution in [3.63, 3.8) is 0 Å². The van der Waals surface area contributed by atoms with Crippen LogP contribution in [0.15, 0.2) is 36.4 Å². The summed E-state index contributed by atoms with van der Waals surface area (Å²) >= 11 is 0. The lowest BCUT2D eigenvalue weighted by Gasteiger charge is -2.17. The van der Waals surface area contributed by atoms with Gasteiger partial charge in [0, 0.05) is 20.2 Å². The van der Waals surface area contributed by atoms with Gasteiger partial charge in [0.2, 0.25) is 0 Å². The van der Waals surface area contributed by atoms with Crippen molar-refractivity contribution in [3.05, 3.63) is 53.1 Å². The maximum absolute atomic E-state index is 5.97. The van der Waals surface area contributed by atoms with Crippen LogP contribution in [0.3, 0.4) is 0 Å². The molecule has 0 aliphatic heterocycles. The SMILES string of the molecule is C#Cc1ccc(-c2ccc(OC)cc2)c(C)c1COCC[Si](C)(C)C. The van der Waals surface area contributed by atoms with Crippen LogP contribution in [-0.2, 0) is 11.3 Å². The van der Waals surface area contributed by atoms with Crippen LogP contribution in [0.2, 0.25) is 25.7 Å². The molecule has 0 heterocycles. The van der Waals surface area contributed by atoms with Crippen molar-refractivity contribution in [1.82, 2.24) is 0 Å². The van der Waals surface area contributed by atoms with E-state index in [0.717, 1.165) is 35.1 Å². The molecule has 0 saturated heterocycles. The molecule has 3 heteroatoms. The van der Waals surface area contributed by atoms with E-state index in [1.54, 1.807) is 7.11 Å². The van der Waals surface area contributed by atoms with Gasteiger partial charge in [0.1, 0.15) is 5.75 Å². The van der Waals surface area contributed by atoms with E-state index >= 15 is 0 Å². The Morgan fingerprint density at radius 2 is 1.72 bits per heavy atom. The zero-order chi connectivity index (χ0) is 18.4. The summed E-state index contributed by atoms with van der Waals surface area (Å²) in [5.74, 6) is 3.66. The van der Waals surface area contributed by atoms with E-state index in [1.807, 2.05) is 18.2 Å². The smallest absolute Gasteiger partial charge is 0.118 e. The van der Waals surface area contributed by atoms with Crippen molar-refractivity contribution in [1.29, 1.82) is 0 Å². The van der Waals surface area contributed by atoms with Crippen molar-refractivity contribution in [2.45, 2.75) is 39.2 Å². The minimum Gasteiger partial charge on any atom is -0.497 e. The molecule has 132 valence electrons. The van der Waals surface area contributed by atoms with Gasteiger partial charge in [-0.2, -0.15) is 0 Å². The van der Waals surface area contributed by atoms with Crippen LogP contribution >= 0.6 is 0 Å². The van der Waals surface area contributed by atoms with E-state index in [4.69, 9.17) is 15.9 Å². The molecule has 2 aromatic rings. The van der Waals surface area contributed by atoms with Gasteiger partial charge in [-0.25, -0.2) is 0 Å². The summed E-state index contributed by atoms with van der Waals surface area (Å²) in [4.78, 5) is 0. The van der Waals surface area contributed by atoms with Gasteiger partial charge in [-0.1, -0.05) is 43.8 Å². The second-order valence-electron chi connectivity index (χ2n) is 7.50. The molecular formula is C22H28O2Si. The molecule has 0 spiro atoms. The predicted molar refractivity (Wildman–Crippen MR) is 109 cm³/mol. The molecule has 2 nitrogen and oxygen atoms in total. The number of benzene rings is 2. The average Bonchev–Trinajstić information content (AvgIpc) is 2.59.